The van der Waals surface area contributed by atoms with Gasteiger partial charge in [-0.25, -0.2) is 0 Å². The number of carbonyl (C=O) groups is 1. The first-order valence-electron chi connectivity index (χ1n) is 2.34. The van der Waals surface area contributed by atoms with Gasteiger partial charge in [0.15, 0.2) is 0 Å². The minimum atomic E-state index is -0.447. The number of rotatable bonds is 0. The van der Waals surface area contributed by atoms with E-state index in [4.69, 9.17) is 5.73 Å². The van der Waals surface area contributed by atoms with Crippen LogP contribution in [0.2, 0.25) is 0 Å². The first-order chi connectivity index (χ1) is 3.70. The van der Waals surface area contributed by atoms with Gasteiger partial charge in [0.1, 0.15) is 11.5 Å². The zero-order valence-electron chi connectivity index (χ0n) is 4.20. The lowest BCUT2D eigenvalue weighted by atomic mass is 10.3. The van der Waals surface area contributed by atoms with Gasteiger partial charge in [0.2, 0.25) is 0 Å². The highest BCUT2D eigenvalue weighted by Gasteiger charge is 2.28. The van der Waals surface area contributed by atoms with Crippen LogP contribution in [0.4, 0.5) is 0 Å². The Bertz CT molecular complexity index is 117. The summed E-state index contributed by atoms with van der Waals surface area (Å²) in [4.78, 5) is 10.4. The molecule has 1 unspecified atom stereocenters. The van der Waals surface area contributed by atoms with E-state index in [2.05, 4.69) is 17.4 Å². The van der Waals surface area contributed by atoms with E-state index in [9.17, 15) is 4.79 Å². The molecule has 0 aliphatic carbocycles. The average Bonchev–Trinajstić information content (AvgIpc) is 1.85. The van der Waals surface area contributed by atoms with E-state index in [1.54, 1.807) is 0 Å². The molecule has 46 valence electrons. The smallest absolute Gasteiger partial charge is 0.324 e. The lowest BCUT2D eigenvalue weighted by molar-refractivity contribution is -0.139. The Morgan fingerprint density at radius 2 is 2.50 bits per heavy atom. The van der Waals surface area contributed by atoms with Crippen LogP contribution in [0.3, 0.4) is 0 Å². The quantitative estimate of drug-likeness (QED) is 0.346. The van der Waals surface area contributed by atoms with Crippen molar-refractivity contribution in [2.24, 2.45) is 5.73 Å². The van der Waals surface area contributed by atoms with Crippen LogP contribution in [0, 0.1) is 0 Å². The van der Waals surface area contributed by atoms with Gasteiger partial charge in [0.25, 0.3) is 0 Å². The number of hydrogen-bond acceptors (Lipinski definition) is 4. The Morgan fingerprint density at radius 3 is 2.62 bits per heavy atom. The molecule has 0 saturated carbocycles. The Labute approximate surface area is 52.6 Å². The Morgan fingerprint density at radius 1 is 1.88 bits per heavy atom. The average molecular weight is 133 g/mol. The van der Waals surface area contributed by atoms with Crippen LogP contribution in [0.15, 0.2) is 0 Å². The number of esters is 1. The van der Waals surface area contributed by atoms with E-state index >= 15 is 0 Å². The van der Waals surface area contributed by atoms with E-state index in [0.717, 1.165) is 0 Å². The number of ether oxygens (including phenoxy) is 1. The molecule has 0 amide bonds. The van der Waals surface area contributed by atoms with Crippen molar-refractivity contribution >= 4 is 18.6 Å². The highest BCUT2D eigenvalue weighted by molar-refractivity contribution is 7.80. The van der Waals surface area contributed by atoms with Crippen LogP contribution in [-0.4, -0.2) is 17.4 Å². The molecular formula is C4H7NO2S. The molecule has 2 N–H and O–H groups in total. The van der Waals surface area contributed by atoms with Crippen LogP contribution < -0.4 is 5.73 Å². The number of carbonyl (C=O) groups excluding carboxylic acids is 1. The van der Waals surface area contributed by atoms with Crippen molar-refractivity contribution in [1.29, 1.82) is 0 Å². The fourth-order valence-corrected chi connectivity index (χ4v) is 0.914. The summed E-state index contributed by atoms with van der Waals surface area (Å²) in [5.41, 5.74) is 4.97. The second-order valence-electron chi connectivity index (χ2n) is 1.73. The van der Waals surface area contributed by atoms with Crippen molar-refractivity contribution in [3.05, 3.63) is 0 Å². The number of thiol groups is 1. The minimum Gasteiger partial charge on any atom is -0.450 e. The second kappa shape index (κ2) is 1.95. The minimum absolute atomic E-state index is 0.280. The molecule has 0 aromatic rings. The summed E-state index contributed by atoms with van der Waals surface area (Å²) in [6, 6.07) is -0.447. The van der Waals surface area contributed by atoms with Crippen LogP contribution in [0.25, 0.3) is 0 Å². The molecule has 2 atom stereocenters. The summed E-state index contributed by atoms with van der Waals surface area (Å²) in [6.45, 7) is 0. The van der Waals surface area contributed by atoms with Crippen LogP contribution in [0.1, 0.15) is 6.42 Å². The molecule has 4 heteroatoms. The highest BCUT2D eigenvalue weighted by atomic mass is 32.1. The topological polar surface area (TPSA) is 52.3 Å². The number of hydrogen-bond donors (Lipinski definition) is 2. The zero-order valence-corrected chi connectivity index (χ0v) is 5.10. The SMILES string of the molecule is N[C@H]1CC(S)OC1=O. The third-order valence-electron chi connectivity index (χ3n) is 1.01. The first-order valence-corrected chi connectivity index (χ1v) is 2.86. The summed E-state index contributed by atoms with van der Waals surface area (Å²) in [7, 11) is 0. The monoisotopic (exact) mass is 133 g/mol. The van der Waals surface area contributed by atoms with Crippen molar-refractivity contribution in [2.75, 3.05) is 0 Å². The number of nitrogens with two attached hydrogens (primary N) is 1. The molecule has 1 aliphatic heterocycles. The van der Waals surface area contributed by atoms with Crippen molar-refractivity contribution in [3.8, 4) is 0 Å². The van der Waals surface area contributed by atoms with E-state index in [1.165, 1.54) is 0 Å². The Balaban J connectivity index is 2.51. The molecule has 1 heterocycles. The van der Waals surface area contributed by atoms with E-state index < -0.39 is 6.04 Å². The largest absolute Gasteiger partial charge is 0.450 e. The van der Waals surface area contributed by atoms with E-state index in [-0.39, 0.29) is 11.4 Å². The maximum atomic E-state index is 10.4. The van der Waals surface area contributed by atoms with Gasteiger partial charge in [-0.1, -0.05) is 0 Å². The molecule has 1 saturated heterocycles. The van der Waals surface area contributed by atoms with E-state index in [0.29, 0.717) is 6.42 Å². The maximum Gasteiger partial charge on any atom is 0.324 e. The summed E-state index contributed by atoms with van der Waals surface area (Å²) >= 11 is 3.89. The van der Waals surface area contributed by atoms with Crippen molar-refractivity contribution < 1.29 is 9.53 Å². The van der Waals surface area contributed by atoms with Gasteiger partial charge in [-0.3, -0.25) is 4.79 Å². The highest BCUT2D eigenvalue weighted by Crippen LogP contribution is 2.14. The standard InChI is InChI=1S/C4H7NO2S/c5-2-1-3(8)7-4(2)6/h2-3,8H,1,5H2/t2-,3?/m0/s1. The molecule has 1 fully saturated rings. The summed E-state index contributed by atoms with van der Waals surface area (Å²) in [5, 5.41) is 0. The molecule has 0 aromatic heterocycles. The fourth-order valence-electron chi connectivity index (χ4n) is 0.583. The fraction of sp³-hybridized carbons (Fsp3) is 0.750. The predicted octanol–water partition coefficient (Wildman–Crippen LogP) is -0.484. The van der Waals surface area contributed by atoms with Crippen LogP contribution >= 0.6 is 12.6 Å². The maximum absolute atomic E-state index is 10.4. The summed E-state index contributed by atoms with van der Waals surface area (Å²) in [5.74, 6) is -0.343. The zero-order chi connectivity index (χ0) is 6.15. The Kier molecular flexibility index (Phi) is 1.44. The molecule has 3 nitrogen and oxygen atoms in total. The van der Waals surface area contributed by atoms with Gasteiger partial charge in [0, 0.05) is 6.42 Å². The van der Waals surface area contributed by atoms with Gasteiger partial charge in [-0.05, 0) is 0 Å². The summed E-state index contributed by atoms with van der Waals surface area (Å²) < 4.78 is 4.57. The van der Waals surface area contributed by atoms with Gasteiger partial charge in [0.05, 0.1) is 0 Å². The molecule has 0 bridgehead atoms. The lowest BCUT2D eigenvalue weighted by Gasteiger charge is -1.94. The molecule has 1 rings (SSSR count). The van der Waals surface area contributed by atoms with Crippen molar-refractivity contribution in [1.82, 2.24) is 0 Å². The third-order valence-corrected chi connectivity index (χ3v) is 1.33. The molecule has 8 heavy (non-hydrogen) atoms. The number of cyclic esters (lactones) is 1. The molecular weight excluding hydrogens is 126 g/mol. The first kappa shape index (κ1) is 5.91. The summed E-state index contributed by atoms with van der Waals surface area (Å²) in [6.07, 6.45) is 0.530. The van der Waals surface area contributed by atoms with E-state index in [1.807, 2.05) is 0 Å². The molecule has 0 aromatic carbocycles. The van der Waals surface area contributed by atoms with Gasteiger partial charge < -0.3 is 10.5 Å². The van der Waals surface area contributed by atoms with Crippen molar-refractivity contribution in [3.63, 3.8) is 0 Å². The van der Waals surface area contributed by atoms with Crippen LogP contribution in [0.5, 0.6) is 0 Å². The van der Waals surface area contributed by atoms with Crippen LogP contribution in [-0.2, 0) is 9.53 Å². The normalized spacial score (nSPS) is 37.5. The molecule has 0 spiro atoms. The van der Waals surface area contributed by atoms with Crippen molar-refractivity contribution in [2.45, 2.75) is 17.9 Å². The van der Waals surface area contributed by atoms with Gasteiger partial charge >= 0.3 is 5.97 Å². The van der Waals surface area contributed by atoms with Gasteiger partial charge in [-0.2, -0.15) is 0 Å². The molecule has 0 radical (unpaired) electrons. The van der Waals surface area contributed by atoms with Gasteiger partial charge in [-0.15, -0.1) is 12.6 Å². The third kappa shape index (κ3) is 0.952. The molecule has 1 aliphatic rings. The predicted molar refractivity (Wildman–Crippen MR) is 31.5 cm³/mol. The lowest BCUT2D eigenvalue weighted by Crippen LogP contribution is -2.24. The second-order valence-corrected chi connectivity index (χ2v) is 2.31. The Hall–Kier alpha value is -0.220.